The minimum absolute atomic E-state index is 0.0894. The summed E-state index contributed by atoms with van der Waals surface area (Å²) < 4.78 is 0. The van der Waals surface area contributed by atoms with Crippen LogP contribution in [0.3, 0.4) is 0 Å². The largest absolute Gasteiger partial charge is 0.322 e. The smallest absolute Gasteiger partial charge is 0.252 e. The van der Waals surface area contributed by atoms with Crippen LogP contribution in [0.5, 0.6) is 0 Å². The molecule has 0 aliphatic carbocycles. The highest BCUT2D eigenvalue weighted by Gasteiger charge is 2.05. The van der Waals surface area contributed by atoms with Gasteiger partial charge in [0.25, 0.3) is 5.56 Å². The Kier molecular flexibility index (Phi) is 3.22. The van der Waals surface area contributed by atoms with Crippen molar-refractivity contribution in [1.29, 1.82) is 5.26 Å². The summed E-state index contributed by atoms with van der Waals surface area (Å²) in [5.74, 6) is 0. The lowest BCUT2D eigenvalue weighted by molar-refractivity contribution is 0.366. The molecule has 4 nitrogen and oxygen atoms in total. The van der Waals surface area contributed by atoms with Crippen LogP contribution < -0.4 is 5.56 Å². The number of nitrogens with one attached hydrogen (secondary N) is 1. The van der Waals surface area contributed by atoms with Crippen LogP contribution in [0, 0.1) is 11.3 Å². The first-order valence-corrected chi connectivity index (χ1v) is 5.37. The van der Waals surface area contributed by atoms with Crippen molar-refractivity contribution in [3.8, 4) is 6.07 Å². The van der Waals surface area contributed by atoms with Crippen LogP contribution in [0.25, 0.3) is 10.9 Å². The van der Waals surface area contributed by atoms with Gasteiger partial charge in [-0.2, -0.15) is 5.26 Å². The van der Waals surface area contributed by atoms with Crippen LogP contribution in [-0.2, 0) is 6.54 Å². The first kappa shape index (κ1) is 11.4. The number of rotatable bonds is 3. The van der Waals surface area contributed by atoms with Gasteiger partial charge in [-0.15, -0.1) is 0 Å². The summed E-state index contributed by atoms with van der Waals surface area (Å²) in [6.07, 6.45) is 0. The minimum Gasteiger partial charge on any atom is -0.322 e. The lowest BCUT2D eigenvalue weighted by Gasteiger charge is -2.11. The Morgan fingerprint density at radius 1 is 1.41 bits per heavy atom. The molecule has 0 unspecified atom stereocenters. The number of H-pyrrole nitrogens is 1. The summed E-state index contributed by atoms with van der Waals surface area (Å²) in [5, 5.41) is 9.59. The molecule has 0 aliphatic heterocycles. The van der Waals surface area contributed by atoms with Gasteiger partial charge in [0.2, 0.25) is 0 Å². The van der Waals surface area contributed by atoms with Crippen molar-refractivity contribution < 1.29 is 0 Å². The number of nitrogens with zero attached hydrogens (tertiary/aromatic N) is 2. The standard InChI is InChI=1S/C13H13N3O/c1-16(7-6-14)9-11-8-10-4-2-3-5-12(10)15-13(11)17/h2-5,8H,7,9H2,1H3,(H,15,17). The highest BCUT2D eigenvalue weighted by Crippen LogP contribution is 2.10. The van der Waals surface area contributed by atoms with Gasteiger partial charge in [-0.25, -0.2) is 0 Å². The third kappa shape index (κ3) is 2.52. The van der Waals surface area contributed by atoms with E-state index in [2.05, 4.69) is 11.1 Å². The molecular formula is C13H13N3O. The maximum atomic E-state index is 11.8. The van der Waals surface area contributed by atoms with Crippen LogP contribution in [0.15, 0.2) is 35.1 Å². The zero-order valence-corrected chi connectivity index (χ0v) is 9.60. The van der Waals surface area contributed by atoms with Crippen molar-refractivity contribution in [1.82, 2.24) is 9.88 Å². The zero-order valence-electron chi connectivity index (χ0n) is 9.60. The molecule has 86 valence electrons. The molecule has 0 saturated heterocycles. The molecule has 0 fully saturated rings. The maximum Gasteiger partial charge on any atom is 0.252 e. The molecule has 0 radical (unpaired) electrons. The monoisotopic (exact) mass is 227 g/mol. The zero-order chi connectivity index (χ0) is 12.3. The van der Waals surface area contributed by atoms with E-state index in [1.54, 1.807) is 4.90 Å². The third-order valence-electron chi connectivity index (χ3n) is 2.61. The first-order chi connectivity index (χ1) is 8.20. The van der Waals surface area contributed by atoms with E-state index in [1.165, 1.54) is 0 Å². The fourth-order valence-electron chi connectivity index (χ4n) is 1.78. The second-order valence-corrected chi connectivity index (χ2v) is 4.04. The predicted molar refractivity (Wildman–Crippen MR) is 66.5 cm³/mol. The quantitative estimate of drug-likeness (QED) is 0.808. The van der Waals surface area contributed by atoms with Gasteiger partial charge in [-0.1, -0.05) is 18.2 Å². The maximum absolute atomic E-state index is 11.8. The van der Waals surface area contributed by atoms with Gasteiger partial charge in [0, 0.05) is 17.6 Å². The Bertz CT molecular complexity index is 624. The number of nitriles is 1. The molecular weight excluding hydrogens is 214 g/mol. The molecule has 17 heavy (non-hydrogen) atoms. The van der Waals surface area contributed by atoms with E-state index >= 15 is 0 Å². The summed E-state index contributed by atoms with van der Waals surface area (Å²) in [7, 11) is 1.82. The Hall–Kier alpha value is -2.12. The Balaban J connectivity index is 2.38. The van der Waals surface area contributed by atoms with Gasteiger partial charge in [-0.3, -0.25) is 9.69 Å². The van der Waals surface area contributed by atoms with Crippen molar-refractivity contribution in [2.75, 3.05) is 13.6 Å². The van der Waals surface area contributed by atoms with E-state index in [0.29, 0.717) is 18.7 Å². The first-order valence-electron chi connectivity index (χ1n) is 5.37. The summed E-state index contributed by atoms with van der Waals surface area (Å²) in [6, 6.07) is 11.6. The topological polar surface area (TPSA) is 59.9 Å². The number of para-hydroxylation sites is 1. The normalized spacial score (nSPS) is 10.6. The van der Waals surface area contributed by atoms with Crippen LogP contribution in [0.4, 0.5) is 0 Å². The molecule has 0 bridgehead atoms. The molecule has 0 saturated carbocycles. The molecule has 0 spiro atoms. The predicted octanol–water partition coefficient (Wildman–Crippen LogP) is 1.48. The average molecular weight is 227 g/mol. The van der Waals surface area contributed by atoms with Crippen molar-refractivity contribution in [2.24, 2.45) is 0 Å². The second kappa shape index (κ2) is 4.81. The van der Waals surface area contributed by atoms with Gasteiger partial charge in [0.1, 0.15) is 0 Å². The van der Waals surface area contributed by atoms with Gasteiger partial charge in [0.15, 0.2) is 0 Å². The van der Waals surface area contributed by atoms with Crippen LogP contribution in [-0.4, -0.2) is 23.5 Å². The summed E-state index contributed by atoms with van der Waals surface area (Å²) >= 11 is 0. The van der Waals surface area contributed by atoms with E-state index in [9.17, 15) is 4.79 Å². The molecule has 0 aliphatic rings. The van der Waals surface area contributed by atoms with Crippen molar-refractivity contribution in [3.05, 3.63) is 46.2 Å². The fourth-order valence-corrected chi connectivity index (χ4v) is 1.78. The van der Waals surface area contributed by atoms with Gasteiger partial charge < -0.3 is 4.98 Å². The Morgan fingerprint density at radius 3 is 2.94 bits per heavy atom. The van der Waals surface area contributed by atoms with Crippen molar-refractivity contribution in [3.63, 3.8) is 0 Å². The Morgan fingerprint density at radius 2 is 2.18 bits per heavy atom. The van der Waals surface area contributed by atoms with Crippen molar-refractivity contribution >= 4 is 10.9 Å². The second-order valence-electron chi connectivity index (χ2n) is 4.04. The highest BCUT2D eigenvalue weighted by atomic mass is 16.1. The SMILES string of the molecule is CN(CC#N)Cc1cc2ccccc2[nH]c1=O. The molecule has 4 heteroatoms. The van der Waals surface area contributed by atoms with E-state index in [4.69, 9.17) is 5.26 Å². The lowest BCUT2D eigenvalue weighted by Crippen LogP contribution is -2.23. The number of aromatic nitrogens is 1. The number of benzene rings is 1. The molecule has 1 N–H and O–H groups in total. The minimum atomic E-state index is -0.0894. The Labute approximate surface area is 99.1 Å². The number of pyridine rings is 1. The number of fused-ring (bicyclic) bond motifs is 1. The van der Waals surface area contributed by atoms with Crippen LogP contribution >= 0.6 is 0 Å². The molecule has 0 atom stereocenters. The molecule has 1 aromatic heterocycles. The number of hydrogen-bond donors (Lipinski definition) is 1. The molecule has 0 amide bonds. The lowest BCUT2D eigenvalue weighted by atomic mass is 10.1. The summed E-state index contributed by atoms with van der Waals surface area (Å²) in [5.41, 5.74) is 1.43. The molecule has 2 aromatic rings. The van der Waals surface area contributed by atoms with Gasteiger partial charge in [-0.05, 0) is 24.6 Å². The number of aromatic amines is 1. The molecule has 1 heterocycles. The van der Waals surface area contributed by atoms with E-state index in [-0.39, 0.29) is 5.56 Å². The molecule has 1 aromatic carbocycles. The third-order valence-corrected chi connectivity index (χ3v) is 2.61. The van der Waals surface area contributed by atoms with E-state index < -0.39 is 0 Å². The average Bonchev–Trinajstić information content (AvgIpc) is 2.30. The fraction of sp³-hybridized carbons (Fsp3) is 0.231. The van der Waals surface area contributed by atoms with E-state index in [0.717, 1.165) is 10.9 Å². The van der Waals surface area contributed by atoms with Crippen LogP contribution in [0.1, 0.15) is 5.56 Å². The van der Waals surface area contributed by atoms with Gasteiger partial charge in [0.05, 0.1) is 12.6 Å². The highest BCUT2D eigenvalue weighted by molar-refractivity contribution is 5.78. The van der Waals surface area contributed by atoms with Gasteiger partial charge >= 0.3 is 0 Å². The summed E-state index contributed by atoms with van der Waals surface area (Å²) in [6.45, 7) is 0.792. The van der Waals surface area contributed by atoms with Crippen molar-refractivity contribution in [2.45, 2.75) is 6.54 Å². The number of hydrogen-bond acceptors (Lipinski definition) is 3. The van der Waals surface area contributed by atoms with Crippen LogP contribution in [0.2, 0.25) is 0 Å². The van der Waals surface area contributed by atoms with E-state index in [1.807, 2.05) is 37.4 Å². The summed E-state index contributed by atoms with van der Waals surface area (Å²) in [4.78, 5) is 16.5. The molecule has 2 rings (SSSR count).